The van der Waals surface area contributed by atoms with Crippen molar-refractivity contribution >= 4 is 17.0 Å². The van der Waals surface area contributed by atoms with E-state index in [1.54, 1.807) is 4.57 Å². The Morgan fingerprint density at radius 1 is 1.24 bits per heavy atom. The van der Waals surface area contributed by atoms with Crippen LogP contribution < -0.4 is 5.73 Å². The Bertz CT molecular complexity index is 672. The zero-order valence-electron chi connectivity index (χ0n) is 11.2. The number of hydrogen-bond donors (Lipinski definition) is 3. The molecular weight excluding hydrogens is 276 g/mol. The third kappa shape index (κ3) is 2.05. The number of ether oxygens (including phenoxy) is 1. The molecule has 2 aromatic heterocycles. The molecule has 0 spiro atoms. The van der Waals surface area contributed by atoms with Crippen molar-refractivity contribution in [1.82, 2.24) is 24.4 Å². The summed E-state index contributed by atoms with van der Waals surface area (Å²) in [6.45, 7) is 2.62. The Labute approximate surface area is 120 Å². The van der Waals surface area contributed by atoms with Crippen LogP contribution in [-0.4, -0.2) is 72.6 Å². The summed E-state index contributed by atoms with van der Waals surface area (Å²) in [5.41, 5.74) is 6.68. The Hall–Kier alpha value is -1.81. The van der Waals surface area contributed by atoms with Gasteiger partial charge in [-0.05, 0) is 0 Å². The van der Waals surface area contributed by atoms with Gasteiger partial charge in [0.15, 0.2) is 17.7 Å². The predicted octanol–water partition coefficient (Wildman–Crippen LogP) is -1.66. The Kier molecular flexibility index (Phi) is 2.82. The lowest BCUT2D eigenvalue weighted by Crippen LogP contribution is -2.35. The first kappa shape index (κ1) is 12.9. The SMILES string of the molecule is Nc1ncnc2c1ncn2[C@@H]1O[C@H](CN2CC2)[C@@H](O)[C@H]1O. The number of aromatic nitrogens is 4. The van der Waals surface area contributed by atoms with Crippen molar-refractivity contribution in [2.24, 2.45) is 0 Å². The summed E-state index contributed by atoms with van der Waals surface area (Å²) in [4.78, 5) is 14.3. The number of rotatable bonds is 3. The average Bonchev–Trinajstić information content (AvgIpc) is 3.12. The van der Waals surface area contributed by atoms with Crippen LogP contribution >= 0.6 is 0 Å². The van der Waals surface area contributed by atoms with Gasteiger partial charge in [0.1, 0.15) is 30.2 Å². The number of nitrogens with zero attached hydrogens (tertiary/aromatic N) is 5. The van der Waals surface area contributed by atoms with Crippen LogP contribution in [0.4, 0.5) is 5.82 Å². The molecule has 0 bridgehead atoms. The maximum atomic E-state index is 10.2. The standard InChI is InChI=1S/C12H16N6O3/c13-10-7-11(15-4-14-10)18(5-16-7)12-9(20)8(19)6(21-12)3-17-1-2-17/h4-6,8-9,12,19-20H,1-3H2,(H2,13,14,15)/t6-,8-,9-,12-/m1/s1. The summed E-state index contributed by atoms with van der Waals surface area (Å²) in [5, 5.41) is 20.4. The number of aliphatic hydroxyl groups is 2. The molecule has 4 N–H and O–H groups in total. The molecule has 9 nitrogen and oxygen atoms in total. The number of imidazole rings is 1. The third-order valence-corrected chi connectivity index (χ3v) is 3.98. The minimum atomic E-state index is -1.04. The van der Waals surface area contributed by atoms with Gasteiger partial charge in [0, 0.05) is 19.6 Å². The molecule has 2 aliphatic rings. The number of nitrogens with two attached hydrogens (primary N) is 1. The van der Waals surface area contributed by atoms with Crippen LogP contribution in [0.15, 0.2) is 12.7 Å². The first-order valence-corrected chi connectivity index (χ1v) is 6.82. The summed E-state index contributed by atoms with van der Waals surface area (Å²) < 4.78 is 7.40. The molecule has 4 heterocycles. The van der Waals surface area contributed by atoms with E-state index >= 15 is 0 Å². The summed E-state index contributed by atoms with van der Waals surface area (Å²) >= 11 is 0. The summed E-state index contributed by atoms with van der Waals surface area (Å²) in [5.74, 6) is 0.271. The molecule has 4 rings (SSSR count). The number of hydrogen-bond acceptors (Lipinski definition) is 8. The van der Waals surface area contributed by atoms with Gasteiger partial charge in [-0.25, -0.2) is 15.0 Å². The highest BCUT2D eigenvalue weighted by molar-refractivity contribution is 5.81. The van der Waals surface area contributed by atoms with Crippen LogP contribution in [-0.2, 0) is 4.74 Å². The van der Waals surface area contributed by atoms with E-state index in [-0.39, 0.29) is 5.82 Å². The molecule has 4 atom stereocenters. The molecule has 0 aliphatic carbocycles. The van der Waals surface area contributed by atoms with Gasteiger partial charge in [0.2, 0.25) is 0 Å². The molecular formula is C12H16N6O3. The van der Waals surface area contributed by atoms with Crippen LogP contribution in [0.3, 0.4) is 0 Å². The highest BCUT2D eigenvalue weighted by atomic mass is 16.6. The molecule has 2 aliphatic heterocycles. The van der Waals surface area contributed by atoms with E-state index < -0.39 is 24.5 Å². The van der Waals surface area contributed by atoms with E-state index in [1.165, 1.54) is 12.7 Å². The topological polar surface area (TPSA) is 122 Å². The van der Waals surface area contributed by atoms with Crippen LogP contribution in [0.5, 0.6) is 0 Å². The summed E-state index contributed by atoms with van der Waals surface area (Å²) in [7, 11) is 0. The Morgan fingerprint density at radius 2 is 2.05 bits per heavy atom. The second-order valence-electron chi connectivity index (χ2n) is 5.43. The van der Waals surface area contributed by atoms with Crippen molar-refractivity contribution < 1.29 is 14.9 Å². The van der Waals surface area contributed by atoms with Crippen molar-refractivity contribution in [2.75, 3.05) is 25.4 Å². The minimum absolute atomic E-state index is 0.271. The average molecular weight is 292 g/mol. The van der Waals surface area contributed by atoms with Crippen molar-refractivity contribution in [3.63, 3.8) is 0 Å². The quantitative estimate of drug-likeness (QED) is 0.575. The van der Waals surface area contributed by atoms with E-state index in [9.17, 15) is 10.2 Å². The van der Waals surface area contributed by atoms with Crippen LogP contribution in [0, 0.1) is 0 Å². The monoisotopic (exact) mass is 292 g/mol. The highest BCUT2D eigenvalue weighted by Crippen LogP contribution is 2.32. The lowest BCUT2D eigenvalue weighted by Gasteiger charge is -2.16. The predicted molar refractivity (Wildman–Crippen MR) is 72.1 cm³/mol. The van der Waals surface area contributed by atoms with Crippen LogP contribution in [0.25, 0.3) is 11.2 Å². The smallest absolute Gasteiger partial charge is 0.167 e. The van der Waals surface area contributed by atoms with E-state index in [4.69, 9.17) is 10.5 Å². The fraction of sp³-hybridized carbons (Fsp3) is 0.583. The maximum absolute atomic E-state index is 10.2. The van der Waals surface area contributed by atoms with Crippen molar-refractivity contribution in [3.8, 4) is 0 Å². The third-order valence-electron chi connectivity index (χ3n) is 3.98. The van der Waals surface area contributed by atoms with Gasteiger partial charge in [-0.3, -0.25) is 9.47 Å². The van der Waals surface area contributed by atoms with E-state index in [0.29, 0.717) is 17.7 Å². The van der Waals surface area contributed by atoms with Crippen molar-refractivity contribution in [2.45, 2.75) is 24.5 Å². The molecule has 21 heavy (non-hydrogen) atoms. The fourth-order valence-corrected chi connectivity index (χ4v) is 2.67. The fourth-order valence-electron chi connectivity index (χ4n) is 2.67. The van der Waals surface area contributed by atoms with Crippen LogP contribution in [0.2, 0.25) is 0 Å². The molecule has 0 unspecified atom stereocenters. The molecule has 0 radical (unpaired) electrons. The molecule has 2 fully saturated rings. The van der Waals surface area contributed by atoms with Gasteiger partial charge in [-0.2, -0.15) is 0 Å². The molecule has 112 valence electrons. The van der Waals surface area contributed by atoms with Gasteiger partial charge in [0.05, 0.1) is 6.33 Å². The van der Waals surface area contributed by atoms with E-state index in [1.807, 2.05) is 0 Å². The van der Waals surface area contributed by atoms with Gasteiger partial charge in [0.25, 0.3) is 0 Å². The van der Waals surface area contributed by atoms with Gasteiger partial charge in [-0.1, -0.05) is 0 Å². The first-order chi connectivity index (χ1) is 10.1. The molecule has 9 heteroatoms. The second kappa shape index (κ2) is 4.60. The van der Waals surface area contributed by atoms with Gasteiger partial charge in [-0.15, -0.1) is 0 Å². The largest absolute Gasteiger partial charge is 0.387 e. The second-order valence-corrected chi connectivity index (χ2v) is 5.43. The summed E-state index contributed by atoms with van der Waals surface area (Å²) in [6.07, 6.45) is -0.305. The van der Waals surface area contributed by atoms with Gasteiger partial charge < -0.3 is 20.7 Å². The molecule has 2 saturated heterocycles. The molecule has 0 amide bonds. The number of fused-ring (bicyclic) bond motifs is 1. The lowest BCUT2D eigenvalue weighted by atomic mass is 10.1. The Balaban J connectivity index is 1.66. The summed E-state index contributed by atoms with van der Waals surface area (Å²) in [6, 6.07) is 0. The van der Waals surface area contributed by atoms with E-state index in [2.05, 4.69) is 19.9 Å². The van der Waals surface area contributed by atoms with Crippen molar-refractivity contribution in [3.05, 3.63) is 12.7 Å². The molecule has 0 saturated carbocycles. The zero-order chi connectivity index (χ0) is 14.6. The van der Waals surface area contributed by atoms with Crippen LogP contribution in [0.1, 0.15) is 6.23 Å². The first-order valence-electron chi connectivity index (χ1n) is 6.82. The minimum Gasteiger partial charge on any atom is -0.387 e. The number of aliphatic hydroxyl groups excluding tert-OH is 2. The Morgan fingerprint density at radius 3 is 2.81 bits per heavy atom. The molecule has 0 aromatic carbocycles. The maximum Gasteiger partial charge on any atom is 0.167 e. The number of nitrogen functional groups attached to an aromatic ring is 1. The number of anilines is 1. The molecule has 2 aromatic rings. The normalized spacial score (nSPS) is 32.9. The zero-order valence-corrected chi connectivity index (χ0v) is 11.2. The lowest BCUT2D eigenvalue weighted by molar-refractivity contribution is -0.0375. The highest BCUT2D eigenvalue weighted by Gasteiger charge is 2.45. The van der Waals surface area contributed by atoms with Gasteiger partial charge >= 0.3 is 0 Å². The van der Waals surface area contributed by atoms with E-state index in [0.717, 1.165) is 13.1 Å². The van der Waals surface area contributed by atoms with Crippen molar-refractivity contribution in [1.29, 1.82) is 0 Å².